The summed E-state index contributed by atoms with van der Waals surface area (Å²) < 4.78 is 0. The summed E-state index contributed by atoms with van der Waals surface area (Å²) in [6.07, 6.45) is 2.15. The minimum Gasteiger partial charge on any atom is -0.397 e. The van der Waals surface area contributed by atoms with Gasteiger partial charge in [0.1, 0.15) is 0 Å². The Kier molecular flexibility index (Phi) is 5.80. The van der Waals surface area contributed by atoms with Gasteiger partial charge in [-0.2, -0.15) is 5.26 Å². The van der Waals surface area contributed by atoms with E-state index >= 15 is 0 Å². The first-order chi connectivity index (χ1) is 9.02. The van der Waals surface area contributed by atoms with Gasteiger partial charge in [0.15, 0.2) is 0 Å². The van der Waals surface area contributed by atoms with E-state index in [1.807, 2.05) is 13.8 Å². The van der Waals surface area contributed by atoms with E-state index in [1.54, 1.807) is 23.2 Å². The summed E-state index contributed by atoms with van der Waals surface area (Å²) in [5, 5.41) is 8.64. The number of hydrogen-bond donors (Lipinski definition) is 1. The predicted octanol–water partition coefficient (Wildman–Crippen LogP) is 1.60. The number of amides is 1. The number of carbonyl (C=O) groups excluding carboxylic acids is 1. The molecule has 2 N–H and O–H groups in total. The lowest BCUT2D eigenvalue weighted by Gasteiger charge is -2.23. The second-order valence-corrected chi connectivity index (χ2v) is 4.90. The van der Waals surface area contributed by atoms with Crippen molar-refractivity contribution in [2.24, 2.45) is 5.92 Å². The number of pyridine rings is 1. The Balaban J connectivity index is 2.65. The maximum atomic E-state index is 12.2. The van der Waals surface area contributed by atoms with Gasteiger partial charge in [-0.05, 0) is 18.1 Å². The Morgan fingerprint density at radius 2 is 2.26 bits per heavy atom. The topological polar surface area (TPSA) is 83.0 Å². The number of rotatable bonds is 6. The Hall–Kier alpha value is -2.09. The third kappa shape index (κ3) is 5.38. The average molecular weight is 260 g/mol. The minimum absolute atomic E-state index is 0.00113. The van der Waals surface area contributed by atoms with Crippen LogP contribution in [0.25, 0.3) is 0 Å². The first kappa shape index (κ1) is 15.0. The minimum atomic E-state index is 0.00113. The normalized spacial score (nSPS) is 10.2. The van der Waals surface area contributed by atoms with Crippen molar-refractivity contribution in [2.45, 2.75) is 26.7 Å². The summed E-state index contributed by atoms with van der Waals surface area (Å²) in [6.45, 7) is 5.24. The molecule has 1 aromatic heterocycles. The maximum Gasteiger partial charge on any atom is 0.228 e. The van der Waals surface area contributed by atoms with Crippen LogP contribution in [0.5, 0.6) is 0 Å². The molecule has 1 heterocycles. The molecule has 1 rings (SSSR count). The Labute approximate surface area is 114 Å². The quantitative estimate of drug-likeness (QED) is 0.842. The van der Waals surface area contributed by atoms with Gasteiger partial charge < -0.3 is 10.6 Å². The van der Waals surface area contributed by atoms with Crippen LogP contribution in [-0.4, -0.2) is 28.9 Å². The summed E-state index contributed by atoms with van der Waals surface area (Å²) in [5.41, 5.74) is 6.84. The summed E-state index contributed by atoms with van der Waals surface area (Å²) >= 11 is 0. The van der Waals surface area contributed by atoms with E-state index in [4.69, 9.17) is 11.0 Å². The van der Waals surface area contributed by atoms with E-state index < -0.39 is 0 Å². The fourth-order valence-corrected chi connectivity index (χ4v) is 1.75. The zero-order valence-corrected chi connectivity index (χ0v) is 11.5. The maximum absolute atomic E-state index is 12.2. The molecule has 0 atom stereocenters. The SMILES string of the molecule is CC(C)CN(CCC#N)C(=O)Cc1ccc(N)cn1. The molecule has 1 aromatic rings. The molecule has 102 valence electrons. The van der Waals surface area contributed by atoms with E-state index in [9.17, 15) is 4.79 Å². The predicted molar refractivity (Wildman–Crippen MR) is 74.0 cm³/mol. The van der Waals surface area contributed by atoms with Crippen LogP contribution in [0, 0.1) is 17.2 Å². The molecule has 0 saturated heterocycles. The molecule has 0 saturated carbocycles. The molecule has 5 nitrogen and oxygen atoms in total. The lowest BCUT2D eigenvalue weighted by Crippen LogP contribution is -2.36. The van der Waals surface area contributed by atoms with Crippen LogP contribution in [-0.2, 0) is 11.2 Å². The van der Waals surface area contributed by atoms with Gasteiger partial charge >= 0.3 is 0 Å². The van der Waals surface area contributed by atoms with Crippen LogP contribution < -0.4 is 5.73 Å². The molecule has 0 radical (unpaired) electrons. The molecule has 0 aromatic carbocycles. The summed E-state index contributed by atoms with van der Waals surface area (Å²) in [6, 6.07) is 5.56. The number of carbonyl (C=O) groups is 1. The van der Waals surface area contributed by atoms with Crippen LogP contribution in [0.2, 0.25) is 0 Å². The summed E-state index contributed by atoms with van der Waals surface area (Å²) in [4.78, 5) is 18.0. The highest BCUT2D eigenvalue weighted by Crippen LogP contribution is 2.06. The molecule has 0 spiro atoms. The van der Waals surface area contributed by atoms with Crippen LogP contribution in [0.4, 0.5) is 5.69 Å². The van der Waals surface area contributed by atoms with Gasteiger partial charge in [-0.1, -0.05) is 13.8 Å². The molecule has 0 unspecified atom stereocenters. The van der Waals surface area contributed by atoms with Crippen molar-refractivity contribution in [3.8, 4) is 6.07 Å². The van der Waals surface area contributed by atoms with Gasteiger partial charge in [0.2, 0.25) is 5.91 Å². The smallest absolute Gasteiger partial charge is 0.228 e. The standard InChI is InChI=1S/C14H20N4O/c1-11(2)10-18(7-3-6-15)14(19)8-13-5-4-12(16)9-17-13/h4-5,9,11H,3,7-8,10,16H2,1-2H3. The van der Waals surface area contributed by atoms with E-state index in [0.29, 0.717) is 36.8 Å². The Morgan fingerprint density at radius 1 is 1.53 bits per heavy atom. The Bertz CT molecular complexity index is 448. The number of aromatic nitrogens is 1. The Morgan fingerprint density at radius 3 is 2.79 bits per heavy atom. The van der Waals surface area contributed by atoms with Gasteiger partial charge in [0.05, 0.1) is 30.8 Å². The number of nitriles is 1. The second kappa shape index (κ2) is 7.37. The highest BCUT2D eigenvalue weighted by molar-refractivity contribution is 5.78. The number of anilines is 1. The zero-order valence-electron chi connectivity index (χ0n) is 11.5. The van der Waals surface area contributed by atoms with Crippen LogP contribution in [0.15, 0.2) is 18.3 Å². The van der Waals surface area contributed by atoms with E-state index in [0.717, 1.165) is 0 Å². The number of nitrogens with two attached hydrogens (primary N) is 1. The largest absolute Gasteiger partial charge is 0.397 e. The molecule has 0 bridgehead atoms. The van der Waals surface area contributed by atoms with Crippen molar-refractivity contribution < 1.29 is 4.79 Å². The highest BCUT2D eigenvalue weighted by Gasteiger charge is 2.15. The van der Waals surface area contributed by atoms with Crippen molar-refractivity contribution >= 4 is 11.6 Å². The number of hydrogen-bond acceptors (Lipinski definition) is 4. The van der Waals surface area contributed by atoms with Crippen LogP contribution in [0.1, 0.15) is 26.0 Å². The molecular weight excluding hydrogens is 240 g/mol. The van der Waals surface area contributed by atoms with Crippen LogP contribution >= 0.6 is 0 Å². The van der Waals surface area contributed by atoms with Crippen LogP contribution in [0.3, 0.4) is 0 Å². The van der Waals surface area contributed by atoms with E-state index in [1.165, 1.54) is 0 Å². The zero-order chi connectivity index (χ0) is 14.3. The molecule has 0 aliphatic rings. The van der Waals surface area contributed by atoms with Crippen molar-refractivity contribution in [3.05, 3.63) is 24.0 Å². The first-order valence-electron chi connectivity index (χ1n) is 6.38. The third-order valence-electron chi connectivity index (χ3n) is 2.61. The van der Waals surface area contributed by atoms with Crippen molar-refractivity contribution in [1.29, 1.82) is 5.26 Å². The van der Waals surface area contributed by atoms with Crippen molar-refractivity contribution in [1.82, 2.24) is 9.88 Å². The molecular formula is C14H20N4O. The lowest BCUT2D eigenvalue weighted by atomic mass is 10.1. The van der Waals surface area contributed by atoms with Gasteiger partial charge in [-0.3, -0.25) is 9.78 Å². The average Bonchev–Trinajstić information content (AvgIpc) is 2.36. The molecule has 0 fully saturated rings. The summed E-state index contributed by atoms with van der Waals surface area (Å²) in [7, 11) is 0. The van der Waals surface area contributed by atoms with Gasteiger partial charge in [-0.25, -0.2) is 0 Å². The molecule has 1 amide bonds. The summed E-state index contributed by atoms with van der Waals surface area (Å²) in [5.74, 6) is 0.378. The monoisotopic (exact) mass is 260 g/mol. The first-order valence-corrected chi connectivity index (χ1v) is 6.38. The molecule has 0 aliphatic carbocycles. The number of nitrogens with zero attached hydrogens (tertiary/aromatic N) is 3. The fraction of sp³-hybridized carbons (Fsp3) is 0.500. The highest BCUT2D eigenvalue weighted by atomic mass is 16.2. The molecule has 5 heteroatoms. The van der Waals surface area contributed by atoms with Gasteiger partial charge in [0, 0.05) is 18.8 Å². The van der Waals surface area contributed by atoms with Gasteiger partial charge in [0.25, 0.3) is 0 Å². The lowest BCUT2D eigenvalue weighted by molar-refractivity contribution is -0.131. The van der Waals surface area contributed by atoms with E-state index in [2.05, 4.69) is 11.1 Å². The second-order valence-electron chi connectivity index (χ2n) is 4.90. The fourth-order valence-electron chi connectivity index (χ4n) is 1.75. The number of nitrogen functional groups attached to an aromatic ring is 1. The third-order valence-corrected chi connectivity index (χ3v) is 2.61. The molecule has 0 aliphatic heterocycles. The van der Waals surface area contributed by atoms with Crippen molar-refractivity contribution in [2.75, 3.05) is 18.8 Å². The molecule has 19 heavy (non-hydrogen) atoms. The van der Waals surface area contributed by atoms with Gasteiger partial charge in [-0.15, -0.1) is 0 Å². The van der Waals surface area contributed by atoms with Crippen molar-refractivity contribution in [3.63, 3.8) is 0 Å². The van der Waals surface area contributed by atoms with E-state index in [-0.39, 0.29) is 12.3 Å².